The quantitative estimate of drug-likeness (QED) is 0.504. The number of hydrogen-bond donors (Lipinski definition) is 1. The van der Waals surface area contributed by atoms with Gasteiger partial charge in [-0.25, -0.2) is 0 Å². The molecule has 0 saturated carbocycles. The summed E-state index contributed by atoms with van der Waals surface area (Å²) in [7, 11) is 4.76. The summed E-state index contributed by atoms with van der Waals surface area (Å²) in [4.78, 5) is 13.3. The van der Waals surface area contributed by atoms with Gasteiger partial charge in [-0.2, -0.15) is 0 Å². The summed E-state index contributed by atoms with van der Waals surface area (Å²) in [6, 6.07) is 9.67. The van der Waals surface area contributed by atoms with Gasteiger partial charge >= 0.3 is 5.97 Å². The summed E-state index contributed by atoms with van der Waals surface area (Å²) >= 11 is 3.58. The Morgan fingerprint density at radius 2 is 1.69 bits per heavy atom. The van der Waals surface area contributed by atoms with Gasteiger partial charge in [-0.3, -0.25) is 4.79 Å². The van der Waals surface area contributed by atoms with Gasteiger partial charge in [0, 0.05) is 5.92 Å². The van der Waals surface area contributed by atoms with Crippen molar-refractivity contribution < 1.29 is 38.3 Å². The van der Waals surface area contributed by atoms with Crippen LogP contribution in [0.2, 0.25) is 0 Å². The van der Waals surface area contributed by atoms with Gasteiger partial charge in [-0.1, -0.05) is 6.07 Å². The highest BCUT2D eigenvalue weighted by molar-refractivity contribution is 8.18. The van der Waals surface area contributed by atoms with Crippen molar-refractivity contribution in [1.82, 2.24) is 0 Å². The second-order valence-corrected chi connectivity index (χ2v) is 11.8. The van der Waals surface area contributed by atoms with E-state index in [0.29, 0.717) is 35.2 Å². The Hall–Kier alpha value is -2.43. The first-order valence-electron chi connectivity index (χ1n) is 11.8. The number of carbonyl (C=O) groups excluding carboxylic acids is 1. The molecule has 2 aromatic carbocycles. The molecule has 3 unspecified atom stereocenters. The van der Waals surface area contributed by atoms with Crippen LogP contribution in [0, 0.1) is 11.8 Å². The highest BCUT2D eigenvalue weighted by atomic mass is 32.2. The lowest BCUT2D eigenvalue weighted by molar-refractivity contribution is -0.145. The Bertz CT molecular complexity index is 1090. The molecule has 5 rings (SSSR count). The van der Waals surface area contributed by atoms with Crippen LogP contribution in [0.4, 0.5) is 0 Å². The minimum Gasteiger partial charge on any atom is -0.493 e. The van der Waals surface area contributed by atoms with Gasteiger partial charge in [-0.15, -0.1) is 23.5 Å². The molecule has 0 radical (unpaired) electrons. The predicted octanol–water partition coefficient (Wildman–Crippen LogP) is 3.86. The number of hydrogen-bond acceptors (Lipinski definition) is 10. The monoisotopic (exact) mass is 534 g/mol. The fourth-order valence-electron chi connectivity index (χ4n) is 5.29. The molecule has 8 nitrogen and oxygen atoms in total. The Morgan fingerprint density at radius 3 is 2.33 bits per heavy atom. The average Bonchev–Trinajstić information content (AvgIpc) is 3.51. The third kappa shape index (κ3) is 4.33. The number of benzene rings is 2. The number of cyclic esters (lactones) is 1. The molecule has 0 bridgehead atoms. The van der Waals surface area contributed by atoms with E-state index in [1.54, 1.807) is 44.9 Å². The van der Waals surface area contributed by atoms with E-state index in [9.17, 15) is 9.90 Å². The zero-order valence-electron chi connectivity index (χ0n) is 20.5. The number of esters is 1. The first kappa shape index (κ1) is 25.2. The van der Waals surface area contributed by atoms with E-state index in [0.717, 1.165) is 29.1 Å². The molecular formula is C26H30O8S2. The molecule has 2 saturated heterocycles. The van der Waals surface area contributed by atoms with Crippen molar-refractivity contribution in [2.45, 2.75) is 23.0 Å². The first-order chi connectivity index (χ1) is 17.5. The maximum absolute atomic E-state index is 13.3. The molecule has 3 atom stereocenters. The van der Waals surface area contributed by atoms with E-state index < -0.39 is 16.1 Å². The Labute approximate surface area is 218 Å². The largest absolute Gasteiger partial charge is 0.493 e. The fraction of sp³-hybridized carbons (Fsp3) is 0.500. The number of fused-ring (bicyclic) bond motifs is 1. The minimum atomic E-state index is -0.631. The standard InChI is InChI=1S/C26H30O8S2/c1-29-20-11-16(12-21(30-2)24(20)31-3)26(35-7-4-8-36-26)23-17(25(28)34-22(23)13-27)9-15-5-6-18-19(10-15)33-14-32-18/h5-6,10-12,17,22-23,27H,4,7-9,13-14H2,1-3H3. The molecule has 3 aliphatic rings. The van der Waals surface area contributed by atoms with Crippen molar-refractivity contribution in [2.24, 2.45) is 11.8 Å². The number of carbonyl (C=O) groups is 1. The smallest absolute Gasteiger partial charge is 0.310 e. The summed E-state index contributed by atoms with van der Waals surface area (Å²) in [6.07, 6.45) is 0.887. The van der Waals surface area contributed by atoms with Crippen molar-refractivity contribution in [1.29, 1.82) is 0 Å². The van der Waals surface area contributed by atoms with Crippen LogP contribution in [0.15, 0.2) is 30.3 Å². The van der Waals surface area contributed by atoms with Crippen molar-refractivity contribution in [3.05, 3.63) is 41.5 Å². The van der Waals surface area contributed by atoms with Crippen molar-refractivity contribution in [3.8, 4) is 28.7 Å². The molecule has 2 aromatic rings. The summed E-state index contributed by atoms with van der Waals surface area (Å²) in [6.45, 7) is -0.0572. The van der Waals surface area contributed by atoms with Crippen LogP contribution in [-0.4, -0.2) is 63.4 Å². The van der Waals surface area contributed by atoms with Crippen molar-refractivity contribution in [3.63, 3.8) is 0 Å². The molecular weight excluding hydrogens is 504 g/mol. The molecule has 194 valence electrons. The molecule has 0 aliphatic carbocycles. The normalized spacial score (nSPS) is 24.3. The number of aliphatic hydroxyl groups is 1. The summed E-state index contributed by atoms with van der Waals surface area (Å²) in [5.41, 5.74) is 1.90. The van der Waals surface area contributed by atoms with Crippen LogP contribution in [-0.2, 0) is 20.0 Å². The Kier molecular flexibility index (Phi) is 7.37. The van der Waals surface area contributed by atoms with Gasteiger partial charge < -0.3 is 33.5 Å². The number of ether oxygens (including phenoxy) is 6. The molecule has 3 heterocycles. The highest BCUT2D eigenvalue weighted by Crippen LogP contribution is 2.62. The molecule has 0 amide bonds. The lowest BCUT2D eigenvalue weighted by atomic mass is 9.80. The molecule has 2 fully saturated rings. The van der Waals surface area contributed by atoms with Crippen LogP contribution < -0.4 is 23.7 Å². The lowest BCUT2D eigenvalue weighted by Crippen LogP contribution is -2.42. The summed E-state index contributed by atoms with van der Waals surface area (Å²) < 4.78 is 33.1. The molecule has 10 heteroatoms. The SMILES string of the molecule is COc1cc(C2(C3C(CO)OC(=O)C3Cc3ccc4c(c3)OCO4)SCCCS2)cc(OC)c1OC. The van der Waals surface area contributed by atoms with Gasteiger partial charge in [0.25, 0.3) is 0 Å². The van der Waals surface area contributed by atoms with E-state index in [2.05, 4.69) is 0 Å². The zero-order valence-corrected chi connectivity index (χ0v) is 22.1. The van der Waals surface area contributed by atoms with E-state index in [4.69, 9.17) is 28.4 Å². The Morgan fingerprint density at radius 1 is 1.00 bits per heavy atom. The maximum atomic E-state index is 13.3. The summed E-state index contributed by atoms with van der Waals surface area (Å²) in [5.74, 6) is 3.78. The van der Waals surface area contributed by atoms with Crippen molar-refractivity contribution >= 4 is 29.5 Å². The van der Waals surface area contributed by atoms with Gasteiger partial charge in [-0.05, 0) is 59.7 Å². The van der Waals surface area contributed by atoms with Crippen LogP contribution >= 0.6 is 23.5 Å². The lowest BCUT2D eigenvalue weighted by Gasteiger charge is -2.44. The van der Waals surface area contributed by atoms with Crippen LogP contribution in [0.3, 0.4) is 0 Å². The molecule has 0 aromatic heterocycles. The number of aliphatic hydroxyl groups excluding tert-OH is 1. The molecule has 3 aliphatic heterocycles. The average molecular weight is 535 g/mol. The Balaban J connectivity index is 1.60. The van der Waals surface area contributed by atoms with Gasteiger partial charge in [0.05, 0.1) is 37.9 Å². The fourth-order valence-corrected chi connectivity index (χ4v) is 9.08. The second kappa shape index (κ2) is 10.5. The maximum Gasteiger partial charge on any atom is 0.310 e. The topological polar surface area (TPSA) is 92.7 Å². The third-order valence-electron chi connectivity index (χ3n) is 6.90. The van der Waals surface area contributed by atoms with Crippen LogP contribution in [0.5, 0.6) is 28.7 Å². The van der Waals surface area contributed by atoms with E-state index >= 15 is 0 Å². The van der Waals surface area contributed by atoms with Gasteiger partial charge in [0.15, 0.2) is 23.0 Å². The second-order valence-electron chi connectivity index (χ2n) is 8.81. The predicted molar refractivity (Wildman–Crippen MR) is 138 cm³/mol. The van der Waals surface area contributed by atoms with Gasteiger partial charge in [0.1, 0.15) is 6.10 Å². The molecule has 0 spiro atoms. The first-order valence-corrected chi connectivity index (χ1v) is 13.8. The number of methoxy groups -OCH3 is 3. The van der Waals surface area contributed by atoms with E-state index in [1.165, 1.54) is 0 Å². The van der Waals surface area contributed by atoms with E-state index in [1.807, 2.05) is 30.3 Å². The highest BCUT2D eigenvalue weighted by Gasteiger charge is 2.57. The van der Waals surface area contributed by atoms with E-state index in [-0.39, 0.29) is 25.3 Å². The summed E-state index contributed by atoms with van der Waals surface area (Å²) in [5, 5.41) is 10.3. The van der Waals surface area contributed by atoms with Gasteiger partial charge in [0.2, 0.25) is 12.5 Å². The van der Waals surface area contributed by atoms with Crippen molar-refractivity contribution in [2.75, 3.05) is 46.2 Å². The molecule has 1 N–H and O–H groups in total. The number of thioether (sulfide) groups is 2. The zero-order chi connectivity index (χ0) is 25.3. The third-order valence-corrected chi connectivity index (χ3v) is 10.5. The minimum absolute atomic E-state index is 0.191. The van der Waals surface area contributed by atoms with Crippen LogP contribution in [0.25, 0.3) is 0 Å². The van der Waals surface area contributed by atoms with Crippen LogP contribution in [0.1, 0.15) is 17.5 Å². The molecule has 36 heavy (non-hydrogen) atoms. The number of rotatable bonds is 8.